The molecular formula is C14H22N4O. The third-order valence-electron chi connectivity index (χ3n) is 4.76. The molecule has 2 fully saturated rings. The van der Waals surface area contributed by atoms with Gasteiger partial charge in [-0.15, -0.1) is 10.2 Å². The van der Waals surface area contributed by atoms with Crippen molar-refractivity contribution in [2.24, 2.45) is 13.0 Å². The van der Waals surface area contributed by atoms with E-state index in [9.17, 15) is 4.79 Å². The number of hydrogen-bond acceptors (Lipinski definition) is 4. The summed E-state index contributed by atoms with van der Waals surface area (Å²) in [7, 11) is 2.01. The SMILES string of the molecule is Cc1nnc(CN2CCCC2C2CCCC2=O)n1C. The van der Waals surface area contributed by atoms with Gasteiger partial charge in [-0.1, -0.05) is 0 Å². The van der Waals surface area contributed by atoms with Gasteiger partial charge in [0.1, 0.15) is 17.4 Å². The summed E-state index contributed by atoms with van der Waals surface area (Å²) in [6.45, 7) is 3.88. The zero-order valence-electron chi connectivity index (χ0n) is 11.8. The van der Waals surface area contributed by atoms with Crippen molar-refractivity contribution in [1.29, 1.82) is 0 Å². The van der Waals surface area contributed by atoms with Crippen molar-refractivity contribution in [1.82, 2.24) is 19.7 Å². The van der Waals surface area contributed by atoms with Crippen LogP contribution in [0.2, 0.25) is 0 Å². The third kappa shape index (κ3) is 2.31. The molecule has 0 spiro atoms. The number of aromatic nitrogens is 3. The van der Waals surface area contributed by atoms with E-state index in [4.69, 9.17) is 0 Å². The van der Waals surface area contributed by atoms with Gasteiger partial charge in [0.25, 0.3) is 0 Å². The number of ketones is 1. The first kappa shape index (κ1) is 12.8. The van der Waals surface area contributed by atoms with Crippen molar-refractivity contribution in [2.45, 2.75) is 51.6 Å². The monoisotopic (exact) mass is 262 g/mol. The fraction of sp³-hybridized carbons (Fsp3) is 0.786. The third-order valence-corrected chi connectivity index (χ3v) is 4.76. The average molecular weight is 262 g/mol. The van der Waals surface area contributed by atoms with Crippen molar-refractivity contribution >= 4 is 5.78 Å². The second-order valence-corrected chi connectivity index (χ2v) is 5.87. The minimum Gasteiger partial charge on any atom is -0.317 e. The summed E-state index contributed by atoms with van der Waals surface area (Å²) < 4.78 is 2.05. The summed E-state index contributed by atoms with van der Waals surface area (Å²) in [5, 5.41) is 8.36. The maximum atomic E-state index is 12.0. The number of carbonyl (C=O) groups is 1. The van der Waals surface area contributed by atoms with E-state index < -0.39 is 0 Å². The molecule has 1 aliphatic heterocycles. The lowest BCUT2D eigenvalue weighted by Crippen LogP contribution is -2.37. The van der Waals surface area contributed by atoms with Crippen LogP contribution in [0, 0.1) is 12.8 Å². The minimum absolute atomic E-state index is 0.275. The molecule has 19 heavy (non-hydrogen) atoms. The number of aryl methyl sites for hydroxylation is 1. The number of hydrogen-bond donors (Lipinski definition) is 0. The Kier molecular flexibility index (Phi) is 3.39. The molecule has 1 aliphatic carbocycles. The first-order chi connectivity index (χ1) is 9.16. The summed E-state index contributed by atoms with van der Waals surface area (Å²) in [6.07, 6.45) is 5.31. The Bertz CT molecular complexity index is 482. The van der Waals surface area contributed by atoms with E-state index >= 15 is 0 Å². The van der Waals surface area contributed by atoms with Gasteiger partial charge in [0.2, 0.25) is 0 Å². The Morgan fingerprint density at radius 2 is 2.11 bits per heavy atom. The van der Waals surface area contributed by atoms with Crippen molar-refractivity contribution in [3.8, 4) is 0 Å². The van der Waals surface area contributed by atoms with Gasteiger partial charge in [-0.25, -0.2) is 0 Å². The second kappa shape index (κ2) is 5.04. The number of likely N-dealkylation sites (tertiary alicyclic amines) is 1. The molecule has 0 N–H and O–H groups in total. The first-order valence-electron chi connectivity index (χ1n) is 7.28. The van der Waals surface area contributed by atoms with Gasteiger partial charge in [-0.05, 0) is 39.2 Å². The highest BCUT2D eigenvalue weighted by molar-refractivity contribution is 5.83. The first-order valence-corrected chi connectivity index (χ1v) is 7.28. The van der Waals surface area contributed by atoms with Gasteiger partial charge in [-0.2, -0.15) is 0 Å². The fourth-order valence-corrected chi connectivity index (χ4v) is 3.52. The standard InChI is InChI=1S/C14H22N4O/c1-10-15-16-14(17(10)2)9-18-8-4-6-12(18)11-5-3-7-13(11)19/h11-12H,3-9H2,1-2H3. The van der Waals surface area contributed by atoms with Crippen LogP contribution in [0.3, 0.4) is 0 Å². The number of rotatable bonds is 3. The maximum Gasteiger partial charge on any atom is 0.146 e. The average Bonchev–Trinajstić information content (AvgIpc) is 3.07. The molecule has 1 aromatic rings. The van der Waals surface area contributed by atoms with Crippen LogP contribution in [0.25, 0.3) is 0 Å². The molecule has 0 amide bonds. The zero-order valence-corrected chi connectivity index (χ0v) is 11.8. The van der Waals surface area contributed by atoms with Crippen molar-refractivity contribution in [2.75, 3.05) is 6.54 Å². The van der Waals surface area contributed by atoms with Crippen molar-refractivity contribution in [3.63, 3.8) is 0 Å². The van der Waals surface area contributed by atoms with Crippen LogP contribution in [0.1, 0.15) is 43.8 Å². The molecule has 2 unspecified atom stereocenters. The molecule has 1 saturated carbocycles. The Morgan fingerprint density at radius 3 is 2.74 bits per heavy atom. The smallest absolute Gasteiger partial charge is 0.146 e. The predicted octanol–water partition coefficient (Wildman–Crippen LogP) is 1.46. The molecule has 2 aliphatic rings. The van der Waals surface area contributed by atoms with E-state index in [0.29, 0.717) is 11.8 Å². The lowest BCUT2D eigenvalue weighted by molar-refractivity contribution is -0.122. The lowest BCUT2D eigenvalue weighted by Gasteiger charge is -2.28. The Labute approximate surface area is 114 Å². The topological polar surface area (TPSA) is 51.0 Å². The van der Waals surface area contributed by atoms with E-state index in [0.717, 1.165) is 50.4 Å². The van der Waals surface area contributed by atoms with Gasteiger partial charge < -0.3 is 4.57 Å². The van der Waals surface area contributed by atoms with E-state index in [1.165, 1.54) is 6.42 Å². The minimum atomic E-state index is 0.275. The molecule has 5 nitrogen and oxygen atoms in total. The Balaban J connectivity index is 1.73. The lowest BCUT2D eigenvalue weighted by atomic mass is 9.95. The van der Waals surface area contributed by atoms with Gasteiger partial charge in [0, 0.05) is 25.4 Å². The molecule has 104 valence electrons. The Morgan fingerprint density at radius 1 is 1.26 bits per heavy atom. The normalized spacial score (nSPS) is 28.4. The summed E-state index contributed by atoms with van der Waals surface area (Å²) in [6, 6.07) is 0.437. The highest BCUT2D eigenvalue weighted by atomic mass is 16.1. The summed E-state index contributed by atoms with van der Waals surface area (Å²) in [5.41, 5.74) is 0. The molecule has 2 heterocycles. The van der Waals surface area contributed by atoms with Crippen molar-refractivity contribution < 1.29 is 4.79 Å². The van der Waals surface area contributed by atoms with Gasteiger partial charge in [0.15, 0.2) is 0 Å². The molecule has 3 rings (SSSR count). The summed E-state index contributed by atoms with van der Waals surface area (Å²) >= 11 is 0. The molecular weight excluding hydrogens is 240 g/mol. The van der Waals surface area contributed by atoms with E-state index in [-0.39, 0.29) is 5.92 Å². The maximum absolute atomic E-state index is 12.0. The van der Waals surface area contributed by atoms with Gasteiger partial charge in [-0.3, -0.25) is 9.69 Å². The van der Waals surface area contributed by atoms with Crippen LogP contribution in [0.4, 0.5) is 0 Å². The highest BCUT2D eigenvalue weighted by Gasteiger charge is 2.38. The largest absolute Gasteiger partial charge is 0.317 e. The van der Waals surface area contributed by atoms with E-state index in [2.05, 4.69) is 15.1 Å². The molecule has 5 heteroatoms. The van der Waals surface area contributed by atoms with Crippen LogP contribution >= 0.6 is 0 Å². The molecule has 2 atom stereocenters. The van der Waals surface area contributed by atoms with Crippen LogP contribution in [0.15, 0.2) is 0 Å². The quantitative estimate of drug-likeness (QED) is 0.827. The molecule has 0 radical (unpaired) electrons. The van der Waals surface area contributed by atoms with E-state index in [1.54, 1.807) is 0 Å². The van der Waals surface area contributed by atoms with Crippen LogP contribution in [0.5, 0.6) is 0 Å². The molecule has 1 saturated heterocycles. The van der Waals surface area contributed by atoms with Crippen LogP contribution in [-0.4, -0.2) is 38.0 Å². The summed E-state index contributed by atoms with van der Waals surface area (Å²) in [4.78, 5) is 14.4. The molecule has 0 aromatic carbocycles. The number of nitrogens with zero attached hydrogens (tertiary/aromatic N) is 4. The Hall–Kier alpha value is -1.23. The number of Topliss-reactive ketones (excluding diaryl/α,β-unsaturated/α-hetero) is 1. The van der Waals surface area contributed by atoms with Crippen LogP contribution in [-0.2, 0) is 18.4 Å². The predicted molar refractivity (Wildman–Crippen MR) is 71.5 cm³/mol. The summed E-state index contributed by atoms with van der Waals surface area (Å²) in [5.74, 6) is 2.71. The zero-order chi connectivity index (χ0) is 13.4. The van der Waals surface area contributed by atoms with Crippen LogP contribution < -0.4 is 0 Å². The second-order valence-electron chi connectivity index (χ2n) is 5.87. The molecule has 1 aromatic heterocycles. The highest BCUT2D eigenvalue weighted by Crippen LogP contribution is 2.33. The van der Waals surface area contributed by atoms with E-state index in [1.807, 2.05) is 18.5 Å². The van der Waals surface area contributed by atoms with Gasteiger partial charge >= 0.3 is 0 Å². The molecule has 0 bridgehead atoms. The van der Waals surface area contributed by atoms with Gasteiger partial charge in [0.05, 0.1) is 6.54 Å². The fourth-order valence-electron chi connectivity index (χ4n) is 3.52. The number of carbonyl (C=O) groups excluding carboxylic acids is 1. The van der Waals surface area contributed by atoms with Crippen molar-refractivity contribution in [3.05, 3.63) is 11.6 Å².